The van der Waals surface area contributed by atoms with Crippen molar-refractivity contribution in [3.8, 4) is 11.8 Å². The van der Waals surface area contributed by atoms with E-state index in [4.69, 9.17) is 9.47 Å². The summed E-state index contributed by atoms with van der Waals surface area (Å²) in [6.45, 7) is 2.46. The van der Waals surface area contributed by atoms with Crippen LogP contribution in [0.2, 0.25) is 0 Å². The quantitative estimate of drug-likeness (QED) is 0.368. The van der Waals surface area contributed by atoms with Crippen molar-refractivity contribution in [2.24, 2.45) is 0 Å². The van der Waals surface area contributed by atoms with Gasteiger partial charge in [0, 0.05) is 6.20 Å². The van der Waals surface area contributed by atoms with E-state index in [2.05, 4.69) is 20.2 Å². The normalized spacial score (nSPS) is 11.2. The summed E-state index contributed by atoms with van der Waals surface area (Å²) in [5.41, 5.74) is 2.47. The highest BCUT2D eigenvalue weighted by Gasteiger charge is 2.17. The maximum atomic E-state index is 13.5. The molecule has 0 spiro atoms. The molecule has 9 nitrogen and oxygen atoms in total. The zero-order chi connectivity index (χ0) is 22.9. The van der Waals surface area contributed by atoms with E-state index in [1.807, 2.05) is 18.2 Å². The molecule has 0 N–H and O–H groups in total. The zero-order valence-corrected chi connectivity index (χ0v) is 17.9. The molecule has 0 saturated carbocycles. The topological polar surface area (TPSA) is 97.0 Å². The Kier molecular flexibility index (Phi) is 5.17. The number of hydrogen-bond donors (Lipinski definition) is 0. The number of halogens is 1. The first-order valence-electron chi connectivity index (χ1n) is 10.2. The fourth-order valence-corrected chi connectivity index (χ4v) is 3.61. The Hall–Kier alpha value is -4.34. The van der Waals surface area contributed by atoms with Crippen LogP contribution in [0.25, 0.3) is 27.8 Å². The van der Waals surface area contributed by atoms with E-state index < -0.39 is 5.97 Å². The van der Waals surface area contributed by atoms with Crippen LogP contribution in [0.15, 0.2) is 55.0 Å². The molecule has 166 valence electrons. The zero-order valence-electron chi connectivity index (χ0n) is 17.9. The minimum absolute atomic E-state index is 0.238. The standard InChI is InChI=1S/C23H19FN6O3/c1-3-33-22(31)17-10-25-30(13-17)23-27-19-11-26-29(20(19)21(28-23)32-2)12-14-4-5-16-9-18(24)7-6-15(16)8-14/h4-11,13H,3,12H2,1-2H3. The molecule has 5 aromatic rings. The highest BCUT2D eigenvalue weighted by atomic mass is 19.1. The maximum Gasteiger partial charge on any atom is 0.341 e. The number of methoxy groups -OCH3 is 1. The van der Waals surface area contributed by atoms with E-state index in [-0.39, 0.29) is 18.4 Å². The Labute approximate surface area is 187 Å². The van der Waals surface area contributed by atoms with Crippen LogP contribution in [0.4, 0.5) is 4.39 Å². The maximum absolute atomic E-state index is 13.5. The molecule has 0 fully saturated rings. The van der Waals surface area contributed by atoms with Crippen LogP contribution >= 0.6 is 0 Å². The molecule has 0 radical (unpaired) electrons. The molecule has 0 amide bonds. The number of ether oxygens (including phenoxy) is 2. The molecule has 2 aromatic carbocycles. The number of aromatic nitrogens is 6. The largest absolute Gasteiger partial charge is 0.479 e. The van der Waals surface area contributed by atoms with Crippen LogP contribution in [0, 0.1) is 5.82 Å². The van der Waals surface area contributed by atoms with Crippen LogP contribution in [-0.4, -0.2) is 49.2 Å². The lowest BCUT2D eigenvalue weighted by Gasteiger charge is -2.09. The Morgan fingerprint density at radius 3 is 2.70 bits per heavy atom. The first-order chi connectivity index (χ1) is 16.1. The van der Waals surface area contributed by atoms with Crippen LogP contribution in [0.5, 0.6) is 5.88 Å². The summed E-state index contributed by atoms with van der Waals surface area (Å²) in [4.78, 5) is 20.9. The molecule has 0 aliphatic heterocycles. The van der Waals surface area contributed by atoms with Gasteiger partial charge in [0.1, 0.15) is 16.9 Å². The van der Waals surface area contributed by atoms with Crippen molar-refractivity contribution >= 4 is 27.8 Å². The van der Waals surface area contributed by atoms with E-state index in [1.54, 1.807) is 23.9 Å². The first-order valence-corrected chi connectivity index (χ1v) is 10.2. The minimum Gasteiger partial charge on any atom is -0.479 e. The van der Waals surface area contributed by atoms with E-state index >= 15 is 0 Å². The predicted molar refractivity (Wildman–Crippen MR) is 118 cm³/mol. The van der Waals surface area contributed by atoms with Gasteiger partial charge in [-0.2, -0.15) is 15.2 Å². The fraction of sp³-hybridized carbons (Fsp3) is 0.174. The number of carbonyl (C=O) groups excluding carboxylic acids is 1. The Morgan fingerprint density at radius 2 is 1.88 bits per heavy atom. The van der Waals surface area contributed by atoms with E-state index in [9.17, 15) is 9.18 Å². The van der Waals surface area contributed by atoms with Gasteiger partial charge >= 0.3 is 5.97 Å². The van der Waals surface area contributed by atoms with Gasteiger partial charge in [-0.15, -0.1) is 0 Å². The summed E-state index contributed by atoms with van der Waals surface area (Å²) in [7, 11) is 1.51. The Bertz CT molecular complexity index is 1490. The summed E-state index contributed by atoms with van der Waals surface area (Å²) < 4.78 is 27.1. The number of rotatable bonds is 6. The van der Waals surface area contributed by atoms with Crippen molar-refractivity contribution in [3.63, 3.8) is 0 Å². The number of hydrogen-bond acceptors (Lipinski definition) is 7. The average Bonchev–Trinajstić information content (AvgIpc) is 3.47. The van der Waals surface area contributed by atoms with Gasteiger partial charge in [0.2, 0.25) is 5.88 Å². The molecule has 0 saturated heterocycles. The molecule has 3 heterocycles. The van der Waals surface area contributed by atoms with Gasteiger partial charge in [-0.05, 0) is 41.5 Å². The van der Waals surface area contributed by atoms with Gasteiger partial charge in [-0.25, -0.2) is 18.9 Å². The van der Waals surface area contributed by atoms with Gasteiger partial charge < -0.3 is 9.47 Å². The van der Waals surface area contributed by atoms with Crippen LogP contribution in [0.3, 0.4) is 0 Å². The molecule has 0 unspecified atom stereocenters. The van der Waals surface area contributed by atoms with Gasteiger partial charge in [0.15, 0.2) is 0 Å². The third-order valence-electron chi connectivity index (χ3n) is 5.14. The van der Waals surface area contributed by atoms with Crippen molar-refractivity contribution in [3.05, 3.63) is 71.9 Å². The van der Waals surface area contributed by atoms with Gasteiger partial charge in [0.05, 0.1) is 38.2 Å². The molecule has 0 bridgehead atoms. The van der Waals surface area contributed by atoms with Gasteiger partial charge in [-0.1, -0.05) is 18.2 Å². The summed E-state index contributed by atoms with van der Waals surface area (Å²) in [6.07, 6.45) is 4.52. The number of fused-ring (bicyclic) bond motifs is 2. The average molecular weight is 446 g/mol. The smallest absolute Gasteiger partial charge is 0.341 e. The van der Waals surface area contributed by atoms with Crippen LogP contribution < -0.4 is 4.74 Å². The second-order valence-corrected chi connectivity index (χ2v) is 7.29. The third-order valence-corrected chi connectivity index (χ3v) is 5.14. The first kappa shape index (κ1) is 20.6. The molecule has 10 heteroatoms. The predicted octanol–water partition coefficient (Wildman–Crippen LogP) is 3.54. The fourth-order valence-electron chi connectivity index (χ4n) is 3.61. The van der Waals surface area contributed by atoms with Crippen molar-refractivity contribution in [1.82, 2.24) is 29.5 Å². The van der Waals surface area contributed by atoms with E-state index in [1.165, 1.54) is 36.3 Å². The lowest BCUT2D eigenvalue weighted by Crippen LogP contribution is -2.07. The molecule has 0 aliphatic rings. The molecule has 5 rings (SSSR count). The summed E-state index contributed by atoms with van der Waals surface area (Å²) in [5, 5.41) is 10.4. The number of carbonyl (C=O) groups is 1. The van der Waals surface area contributed by atoms with Crippen LogP contribution in [0.1, 0.15) is 22.8 Å². The highest BCUT2D eigenvalue weighted by Crippen LogP contribution is 2.25. The Balaban J connectivity index is 1.50. The Morgan fingerprint density at radius 1 is 1.06 bits per heavy atom. The van der Waals surface area contributed by atoms with E-state index in [0.717, 1.165) is 16.3 Å². The van der Waals surface area contributed by atoms with Crippen LogP contribution in [-0.2, 0) is 11.3 Å². The number of esters is 1. The highest BCUT2D eigenvalue weighted by molar-refractivity contribution is 5.89. The second-order valence-electron chi connectivity index (χ2n) is 7.29. The lowest BCUT2D eigenvalue weighted by molar-refractivity contribution is 0.0526. The molecule has 0 aliphatic carbocycles. The van der Waals surface area contributed by atoms with Gasteiger partial charge in [-0.3, -0.25) is 4.68 Å². The minimum atomic E-state index is -0.470. The van der Waals surface area contributed by atoms with Crippen molar-refractivity contribution in [1.29, 1.82) is 0 Å². The molecule has 3 aromatic heterocycles. The molecular formula is C23H19FN6O3. The number of nitrogens with zero attached hydrogens (tertiary/aromatic N) is 6. The second kappa shape index (κ2) is 8.30. The summed E-state index contributed by atoms with van der Waals surface area (Å²) in [6, 6.07) is 10.5. The molecular weight excluding hydrogens is 427 g/mol. The van der Waals surface area contributed by atoms with Crippen molar-refractivity contribution < 1.29 is 18.7 Å². The summed E-state index contributed by atoms with van der Waals surface area (Å²) in [5.74, 6) is -0.175. The van der Waals surface area contributed by atoms with Gasteiger partial charge in [0.25, 0.3) is 5.95 Å². The molecule has 0 atom stereocenters. The lowest BCUT2D eigenvalue weighted by atomic mass is 10.1. The van der Waals surface area contributed by atoms with E-state index in [0.29, 0.717) is 29.0 Å². The SMILES string of the molecule is CCOC(=O)c1cnn(-c2nc(OC)c3c(cnn3Cc3ccc4cc(F)ccc4c3)n2)c1. The van der Waals surface area contributed by atoms with Crippen molar-refractivity contribution in [2.45, 2.75) is 13.5 Å². The molecule has 33 heavy (non-hydrogen) atoms. The number of benzene rings is 2. The van der Waals surface area contributed by atoms with Crippen molar-refractivity contribution in [2.75, 3.05) is 13.7 Å². The monoisotopic (exact) mass is 446 g/mol. The summed E-state index contributed by atoms with van der Waals surface area (Å²) >= 11 is 0. The third kappa shape index (κ3) is 3.86.